The van der Waals surface area contributed by atoms with Gasteiger partial charge in [-0.25, -0.2) is 4.79 Å². The van der Waals surface area contributed by atoms with Crippen LogP contribution in [-0.4, -0.2) is 61.0 Å². The summed E-state index contributed by atoms with van der Waals surface area (Å²) in [6, 6.07) is -1.28. The molecule has 0 rings (SSSR count). The molecule has 7 nitrogen and oxygen atoms in total. The van der Waals surface area contributed by atoms with Crippen molar-refractivity contribution in [2.24, 2.45) is 0 Å². The molecule has 94 valence electrons. The predicted octanol–water partition coefficient (Wildman–Crippen LogP) is -1.83. The highest BCUT2D eigenvalue weighted by atomic mass is 16.5. The monoisotopic (exact) mass is 234 g/mol. The van der Waals surface area contributed by atoms with Crippen LogP contribution in [0.2, 0.25) is 0 Å². The van der Waals surface area contributed by atoms with Gasteiger partial charge in [-0.15, -0.1) is 0 Å². The summed E-state index contributed by atoms with van der Waals surface area (Å²) in [4.78, 5) is 21.9. The number of hydrogen-bond donors (Lipinski definition) is 4. The van der Waals surface area contributed by atoms with Crippen molar-refractivity contribution in [1.29, 1.82) is 0 Å². The second-order valence-electron chi connectivity index (χ2n) is 3.29. The van der Waals surface area contributed by atoms with Crippen LogP contribution in [0.3, 0.4) is 0 Å². The number of hydrogen-bond acceptors (Lipinski definition) is 5. The molecule has 0 spiro atoms. The van der Waals surface area contributed by atoms with Gasteiger partial charge in [0.25, 0.3) is 0 Å². The second-order valence-corrected chi connectivity index (χ2v) is 3.29. The number of amides is 1. The molecule has 0 aliphatic rings. The average molecular weight is 234 g/mol. The normalized spacial score (nSPS) is 14.2. The molecule has 4 N–H and O–H groups in total. The van der Waals surface area contributed by atoms with Crippen molar-refractivity contribution in [3.63, 3.8) is 0 Å². The standard InChI is InChI=1S/C9H18N2O5/c1-6(12)8(9(14)15)11-7(13)5-10-3-4-16-2/h6,8,10,12H,3-5H2,1-2H3,(H,11,13)(H,14,15). The Bertz CT molecular complexity index is 232. The lowest BCUT2D eigenvalue weighted by Gasteiger charge is -2.17. The zero-order chi connectivity index (χ0) is 12.6. The number of rotatable bonds is 8. The van der Waals surface area contributed by atoms with Crippen molar-refractivity contribution in [2.75, 3.05) is 26.8 Å². The molecule has 0 heterocycles. The Hall–Kier alpha value is -1.18. The van der Waals surface area contributed by atoms with E-state index < -0.39 is 24.0 Å². The maximum Gasteiger partial charge on any atom is 0.328 e. The van der Waals surface area contributed by atoms with E-state index in [1.54, 1.807) is 0 Å². The van der Waals surface area contributed by atoms with Crippen LogP contribution in [0.5, 0.6) is 0 Å². The van der Waals surface area contributed by atoms with E-state index in [-0.39, 0.29) is 6.54 Å². The first-order chi connectivity index (χ1) is 7.49. The molecule has 2 atom stereocenters. The number of methoxy groups -OCH3 is 1. The van der Waals surface area contributed by atoms with Gasteiger partial charge in [-0.05, 0) is 6.92 Å². The number of carboxylic acids is 1. The van der Waals surface area contributed by atoms with E-state index >= 15 is 0 Å². The molecule has 0 saturated heterocycles. The number of carbonyl (C=O) groups is 2. The first-order valence-electron chi connectivity index (χ1n) is 4.89. The van der Waals surface area contributed by atoms with Crippen molar-refractivity contribution in [3.05, 3.63) is 0 Å². The van der Waals surface area contributed by atoms with Crippen LogP contribution in [0.1, 0.15) is 6.92 Å². The maximum absolute atomic E-state index is 11.2. The van der Waals surface area contributed by atoms with Crippen LogP contribution in [-0.2, 0) is 14.3 Å². The van der Waals surface area contributed by atoms with Crippen molar-refractivity contribution >= 4 is 11.9 Å². The maximum atomic E-state index is 11.2. The van der Waals surface area contributed by atoms with Gasteiger partial charge in [-0.1, -0.05) is 0 Å². The Morgan fingerprint density at radius 1 is 1.44 bits per heavy atom. The van der Waals surface area contributed by atoms with Gasteiger partial charge < -0.3 is 25.6 Å². The van der Waals surface area contributed by atoms with Gasteiger partial charge >= 0.3 is 5.97 Å². The van der Waals surface area contributed by atoms with Gasteiger partial charge in [-0.3, -0.25) is 4.79 Å². The molecule has 2 unspecified atom stereocenters. The molecular weight excluding hydrogens is 216 g/mol. The second kappa shape index (κ2) is 8.03. The smallest absolute Gasteiger partial charge is 0.328 e. The third-order valence-corrected chi connectivity index (χ3v) is 1.83. The molecule has 0 fully saturated rings. The molecule has 16 heavy (non-hydrogen) atoms. The summed E-state index contributed by atoms with van der Waals surface area (Å²) in [6.45, 7) is 2.25. The highest BCUT2D eigenvalue weighted by Gasteiger charge is 2.24. The number of carbonyl (C=O) groups excluding carboxylic acids is 1. The minimum absolute atomic E-state index is 0.0140. The van der Waals surface area contributed by atoms with Crippen LogP contribution >= 0.6 is 0 Å². The van der Waals surface area contributed by atoms with Crippen molar-refractivity contribution in [2.45, 2.75) is 19.1 Å². The lowest BCUT2D eigenvalue weighted by molar-refractivity contribution is -0.144. The minimum Gasteiger partial charge on any atom is -0.480 e. The highest BCUT2D eigenvalue weighted by Crippen LogP contribution is 1.92. The molecule has 0 radical (unpaired) electrons. The van der Waals surface area contributed by atoms with Crippen molar-refractivity contribution in [3.8, 4) is 0 Å². The Morgan fingerprint density at radius 2 is 2.06 bits per heavy atom. The van der Waals surface area contributed by atoms with Gasteiger partial charge in [0, 0.05) is 13.7 Å². The topological polar surface area (TPSA) is 108 Å². The van der Waals surface area contributed by atoms with Gasteiger partial charge in [-0.2, -0.15) is 0 Å². The summed E-state index contributed by atoms with van der Waals surface area (Å²) < 4.78 is 4.75. The first kappa shape index (κ1) is 14.8. The third kappa shape index (κ3) is 6.33. The summed E-state index contributed by atoms with van der Waals surface area (Å²) in [5.74, 6) is -1.75. The fourth-order valence-electron chi connectivity index (χ4n) is 0.989. The van der Waals surface area contributed by atoms with E-state index in [9.17, 15) is 9.59 Å². The van der Waals surface area contributed by atoms with Gasteiger partial charge in [0.05, 0.1) is 19.3 Å². The molecule has 0 saturated carbocycles. The lowest BCUT2D eigenvalue weighted by Crippen LogP contribution is -2.50. The number of ether oxygens (including phenoxy) is 1. The molecule has 0 aliphatic carbocycles. The summed E-state index contributed by atoms with van der Waals surface area (Å²) >= 11 is 0. The van der Waals surface area contributed by atoms with Crippen molar-refractivity contribution < 1.29 is 24.5 Å². The molecule has 0 aliphatic heterocycles. The third-order valence-electron chi connectivity index (χ3n) is 1.83. The zero-order valence-corrected chi connectivity index (χ0v) is 9.40. The number of carboxylic acid groups (broad SMARTS) is 1. The van der Waals surface area contributed by atoms with Gasteiger partial charge in [0.15, 0.2) is 6.04 Å². The molecule has 1 amide bonds. The summed E-state index contributed by atoms with van der Waals surface area (Å²) in [5.41, 5.74) is 0. The van der Waals surface area contributed by atoms with Crippen LogP contribution in [0.4, 0.5) is 0 Å². The highest BCUT2D eigenvalue weighted by molar-refractivity contribution is 5.85. The Labute approximate surface area is 93.8 Å². The van der Waals surface area contributed by atoms with E-state index in [0.29, 0.717) is 13.2 Å². The summed E-state index contributed by atoms with van der Waals surface area (Å²) in [7, 11) is 1.54. The van der Waals surface area contributed by atoms with Crippen LogP contribution in [0, 0.1) is 0 Å². The lowest BCUT2D eigenvalue weighted by atomic mass is 10.2. The molecular formula is C9H18N2O5. The Kier molecular flexibility index (Phi) is 7.44. The van der Waals surface area contributed by atoms with Crippen LogP contribution in [0.25, 0.3) is 0 Å². The van der Waals surface area contributed by atoms with Gasteiger partial charge in [0.1, 0.15) is 0 Å². The largest absolute Gasteiger partial charge is 0.480 e. The van der Waals surface area contributed by atoms with Gasteiger partial charge in [0.2, 0.25) is 5.91 Å². The van der Waals surface area contributed by atoms with E-state index in [4.69, 9.17) is 14.9 Å². The first-order valence-corrected chi connectivity index (χ1v) is 4.89. The fraction of sp³-hybridized carbons (Fsp3) is 0.778. The van der Waals surface area contributed by atoms with E-state index in [1.807, 2.05) is 0 Å². The van der Waals surface area contributed by atoms with E-state index in [0.717, 1.165) is 0 Å². The average Bonchev–Trinajstić information content (AvgIpc) is 2.20. The fourth-order valence-corrected chi connectivity index (χ4v) is 0.989. The predicted molar refractivity (Wildman–Crippen MR) is 56.0 cm³/mol. The quantitative estimate of drug-likeness (QED) is 0.368. The van der Waals surface area contributed by atoms with E-state index in [1.165, 1.54) is 14.0 Å². The Morgan fingerprint density at radius 3 is 2.50 bits per heavy atom. The molecule has 7 heteroatoms. The Balaban J connectivity index is 3.87. The molecule has 0 aromatic carbocycles. The minimum atomic E-state index is -1.28. The number of aliphatic hydroxyl groups excluding tert-OH is 1. The molecule has 0 aromatic heterocycles. The number of nitrogens with one attached hydrogen (secondary N) is 2. The van der Waals surface area contributed by atoms with Crippen molar-refractivity contribution in [1.82, 2.24) is 10.6 Å². The van der Waals surface area contributed by atoms with E-state index in [2.05, 4.69) is 10.6 Å². The molecule has 0 bridgehead atoms. The summed E-state index contributed by atoms with van der Waals surface area (Å²) in [6.07, 6.45) is -1.14. The number of aliphatic carboxylic acids is 1. The molecule has 0 aromatic rings. The van der Waals surface area contributed by atoms with Crippen LogP contribution in [0.15, 0.2) is 0 Å². The summed E-state index contributed by atoms with van der Waals surface area (Å²) in [5, 5.41) is 22.8. The zero-order valence-electron chi connectivity index (χ0n) is 9.40. The SMILES string of the molecule is COCCNCC(=O)NC(C(=O)O)C(C)O. The van der Waals surface area contributed by atoms with Crippen LogP contribution < -0.4 is 10.6 Å². The number of aliphatic hydroxyl groups is 1.